The quantitative estimate of drug-likeness (QED) is 0.669. The van der Waals surface area contributed by atoms with Gasteiger partial charge in [0.05, 0.1) is 6.42 Å². The van der Waals surface area contributed by atoms with Crippen LogP contribution in [0.15, 0.2) is 24.3 Å². The SMILES string of the molecule is CC(C)c1ccc(CCNC(=O)COC(=O)CCN2CCSC2=O)cc1. The summed E-state index contributed by atoms with van der Waals surface area (Å²) in [5.74, 6) is 0.482. The molecule has 26 heavy (non-hydrogen) atoms. The van der Waals surface area contributed by atoms with E-state index in [1.165, 1.54) is 17.3 Å². The van der Waals surface area contributed by atoms with Crippen LogP contribution in [0.3, 0.4) is 0 Å². The highest BCUT2D eigenvalue weighted by Crippen LogP contribution is 2.17. The molecule has 0 spiro atoms. The van der Waals surface area contributed by atoms with Gasteiger partial charge in [-0.3, -0.25) is 14.4 Å². The number of hydrogen-bond acceptors (Lipinski definition) is 5. The smallest absolute Gasteiger partial charge is 0.308 e. The van der Waals surface area contributed by atoms with Crippen LogP contribution in [0, 0.1) is 0 Å². The van der Waals surface area contributed by atoms with Crippen molar-refractivity contribution in [1.29, 1.82) is 0 Å². The van der Waals surface area contributed by atoms with Crippen LogP contribution in [0.5, 0.6) is 0 Å². The van der Waals surface area contributed by atoms with Crippen LogP contribution in [-0.2, 0) is 20.7 Å². The molecule has 1 aliphatic heterocycles. The summed E-state index contributed by atoms with van der Waals surface area (Å²) in [6.45, 7) is 5.52. The number of thioether (sulfide) groups is 1. The minimum atomic E-state index is -0.464. The standard InChI is InChI=1S/C19H26N2O4S/c1-14(2)16-5-3-15(4-6-16)7-9-20-17(22)13-25-18(23)8-10-21-11-12-26-19(21)24/h3-6,14H,7-13H2,1-2H3,(H,20,22). The Morgan fingerprint density at radius 2 is 2.00 bits per heavy atom. The van der Waals surface area contributed by atoms with Gasteiger partial charge in [-0.2, -0.15) is 0 Å². The van der Waals surface area contributed by atoms with Crippen molar-refractivity contribution in [3.05, 3.63) is 35.4 Å². The number of esters is 1. The van der Waals surface area contributed by atoms with Crippen LogP contribution >= 0.6 is 11.8 Å². The third kappa shape index (κ3) is 6.71. The van der Waals surface area contributed by atoms with Gasteiger partial charge in [-0.15, -0.1) is 0 Å². The fraction of sp³-hybridized carbons (Fsp3) is 0.526. The molecule has 1 N–H and O–H groups in total. The molecule has 0 unspecified atom stereocenters. The predicted molar refractivity (Wildman–Crippen MR) is 102 cm³/mol. The lowest BCUT2D eigenvalue weighted by molar-refractivity contribution is -0.148. The van der Waals surface area contributed by atoms with Gasteiger partial charge in [-0.1, -0.05) is 49.9 Å². The molecule has 0 saturated carbocycles. The Kier molecular flexibility index (Phi) is 7.97. The summed E-state index contributed by atoms with van der Waals surface area (Å²) in [4.78, 5) is 36.4. The molecule has 6 nitrogen and oxygen atoms in total. The molecule has 0 aromatic heterocycles. The minimum absolute atomic E-state index is 0.00281. The molecular weight excluding hydrogens is 352 g/mol. The average molecular weight is 378 g/mol. The van der Waals surface area contributed by atoms with Crippen LogP contribution in [0.25, 0.3) is 0 Å². The molecule has 2 amide bonds. The molecule has 1 saturated heterocycles. The van der Waals surface area contributed by atoms with Crippen molar-refractivity contribution >= 4 is 28.9 Å². The average Bonchev–Trinajstić information content (AvgIpc) is 3.03. The molecule has 0 aliphatic carbocycles. The molecule has 1 fully saturated rings. The topological polar surface area (TPSA) is 75.7 Å². The number of nitrogens with one attached hydrogen (secondary N) is 1. The number of rotatable bonds is 9. The molecule has 0 atom stereocenters. The Labute approximate surface area is 158 Å². The third-order valence-corrected chi connectivity index (χ3v) is 5.07. The Balaban J connectivity index is 1.58. The van der Waals surface area contributed by atoms with Gasteiger partial charge in [0, 0.05) is 25.4 Å². The Hall–Kier alpha value is -2.02. The molecule has 1 aromatic rings. The van der Waals surface area contributed by atoms with Crippen LogP contribution in [0.1, 0.15) is 37.3 Å². The molecule has 1 heterocycles. The lowest BCUT2D eigenvalue weighted by Crippen LogP contribution is -2.31. The lowest BCUT2D eigenvalue weighted by atomic mass is 10.0. The number of nitrogens with zero attached hydrogens (tertiary/aromatic N) is 1. The third-order valence-electron chi connectivity index (χ3n) is 4.18. The summed E-state index contributed by atoms with van der Waals surface area (Å²) in [5, 5.41) is 2.74. The summed E-state index contributed by atoms with van der Waals surface area (Å²) >= 11 is 1.26. The number of carbonyl (C=O) groups excluding carboxylic acids is 3. The normalized spacial score (nSPS) is 14.0. The molecule has 0 bridgehead atoms. The van der Waals surface area contributed by atoms with Gasteiger partial charge in [-0.05, 0) is 23.5 Å². The monoisotopic (exact) mass is 378 g/mol. The van der Waals surface area contributed by atoms with Crippen molar-refractivity contribution in [2.24, 2.45) is 0 Å². The van der Waals surface area contributed by atoms with E-state index in [4.69, 9.17) is 4.74 Å². The summed E-state index contributed by atoms with van der Waals surface area (Å²) < 4.78 is 4.95. The molecule has 2 rings (SSSR count). The lowest BCUT2D eigenvalue weighted by Gasteiger charge is -2.13. The first-order valence-electron chi connectivity index (χ1n) is 8.88. The predicted octanol–water partition coefficient (Wildman–Crippen LogP) is 2.57. The molecular formula is C19H26N2O4S. The van der Waals surface area contributed by atoms with E-state index in [-0.39, 0.29) is 24.2 Å². The Morgan fingerprint density at radius 3 is 2.62 bits per heavy atom. The van der Waals surface area contributed by atoms with Crippen molar-refractivity contribution < 1.29 is 19.1 Å². The highest BCUT2D eigenvalue weighted by Gasteiger charge is 2.21. The van der Waals surface area contributed by atoms with Gasteiger partial charge in [0.25, 0.3) is 11.1 Å². The van der Waals surface area contributed by atoms with E-state index in [1.807, 2.05) is 0 Å². The summed E-state index contributed by atoms with van der Waals surface area (Å²) in [6.07, 6.45) is 0.842. The fourth-order valence-electron chi connectivity index (χ4n) is 2.54. The molecule has 1 aromatic carbocycles. The van der Waals surface area contributed by atoms with E-state index in [1.54, 1.807) is 4.90 Å². The van der Waals surface area contributed by atoms with Gasteiger partial charge >= 0.3 is 5.97 Å². The Bertz CT molecular complexity index is 631. The highest BCUT2D eigenvalue weighted by molar-refractivity contribution is 8.13. The maximum Gasteiger partial charge on any atom is 0.308 e. The van der Waals surface area contributed by atoms with E-state index in [9.17, 15) is 14.4 Å². The zero-order valence-corrected chi connectivity index (χ0v) is 16.1. The van der Waals surface area contributed by atoms with E-state index < -0.39 is 5.97 Å². The van der Waals surface area contributed by atoms with Crippen LogP contribution in [-0.4, -0.2) is 54.0 Å². The number of benzene rings is 1. The van der Waals surface area contributed by atoms with Crippen LogP contribution in [0.2, 0.25) is 0 Å². The highest BCUT2D eigenvalue weighted by atomic mass is 32.2. The summed E-state index contributed by atoms with van der Waals surface area (Å²) in [7, 11) is 0. The first kappa shape index (κ1) is 20.3. The summed E-state index contributed by atoms with van der Waals surface area (Å²) in [6, 6.07) is 8.35. The Morgan fingerprint density at radius 1 is 1.27 bits per heavy atom. The zero-order chi connectivity index (χ0) is 18.9. The number of hydrogen-bond donors (Lipinski definition) is 1. The molecule has 142 valence electrons. The fourth-order valence-corrected chi connectivity index (χ4v) is 3.39. The van der Waals surface area contributed by atoms with Crippen molar-refractivity contribution in [2.45, 2.75) is 32.6 Å². The largest absolute Gasteiger partial charge is 0.456 e. The van der Waals surface area contributed by atoms with Gasteiger partial charge in [0.1, 0.15) is 0 Å². The zero-order valence-electron chi connectivity index (χ0n) is 15.3. The van der Waals surface area contributed by atoms with Crippen LogP contribution < -0.4 is 5.32 Å². The maximum absolute atomic E-state index is 11.7. The van der Waals surface area contributed by atoms with Gasteiger partial charge in [0.2, 0.25) is 0 Å². The van der Waals surface area contributed by atoms with Gasteiger partial charge in [-0.25, -0.2) is 0 Å². The molecule has 7 heteroatoms. The number of ether oxygens (including phenoxy) is 1. The number of amides is 2. The number of carbonyl (C=O) groups is 3. The molecule has 0 radical (unpaired) electrons. The second-order valence-electron chi connectivity index (χ2n) is 6.51. The van der Waals surface area contributed by atoms with E-state index in [0.29, 0.717) is 25.6 Å². The van der Waals surface area contributed by atoms with E-state index in [0.717, 1.165) is 17.7 Å². The maximum atomic E-state index is 11.7. The second kappa shape index (κ2) is 10.2. The van der Waals surface area contributed by atoms with E-state index in [2.05, 4.69) is 43.4 Å². The van der Waals surface area contributed by atoms with Crippen molar-refractivity contribution in [3.63, 3.8) is 0 Å². The van der Waals surface area contributed by atoms with Crippen molar-refractivity contribution in [2.75, 3.05) is 32.0 Å². The second-order valence-corrected chi connectivity index (χ2v) is 7.55. The van der Waals surface area contributed by atoms with Crippen LogP contribution in [0.4, 0.5) is 4.79 Å². The minimum Gasteiger partial charge on any atom is -0.456 e. The van der Waals surface area contributed by atoms with Gasteiger partial charge in [0.15, 0.2) is 6.61 Å². The van der Waals surface area contributed by atoms with Gasteiger partial charge < -0.3 is 15.0 Å². The van der Waals surface area contributed by atoms with E-state index >= 15 is 0 Å². The first-order valence-corrected chi connectivity index (χ1v) is 9.87. The van der Waals surface area contributed by atoms with Crippen molar-refractivity contribution in [1.82, 2.24) is 10.2 Å². The molecule has 1 aliphatic rings. The van der Waals surface area contributed by atoms with Crippen molar-refractivity contribution in [3.8, 4) is 0 Å². The first-order chi connectivity index (χ1) is 12.5. The summed E-state index contributed by atoms with van der Waals surface area (Å²) in [5.41, 5.74) is 2.44.